The third-order valence-electron chi connectivity index (χ3n) is 6.06. The van der Waals surface area contributed by atoms with Gasteiger partial charge in [-0.2, -0.15) is 0 Å². The minimum atomic E-state index is -0.473. The monoisotopic (exact) mass is 428 g/mol. The van der Waals surface area contributed by atoms with Crippen LogP contribution in [0.15, 0.2) is 48.7 Å². The maximum absolute atomic E-state index is 13.5. The lowest BCUT2D eigenvalue weighted by Crippen LogP contribution is -2.45. The molecule has 2 aromatic carbocycles. The van der Waals surface area contributed by atoms with Crippen molar-refractivity contribution in [1.29, 1.82) is 0 Å². The van der Waals surface area contributed by atoms with Gasteiger partial charge in [0.25, 0.3) is 0 Å². The van der Waals surface area contributed by atoms with E-state index in [9.17, 15) is 9.18 Å². The highest BCUT2D eigenvalue weighted by Gasteiger charge is 2.46. The van der Waals surface area contributed by atoms with Crippen LogP contribution in [0.1, 0.15) is 25.3 Å². The molecule has 158 valence electrons. The van der Waals surface area contributed by atoms with Gasteiger partial charge in [-0.05, 0) is 68.9 Å². The van der Waals surface area contributed by atoms with E-state index in [2.05, 4.69) is 23.8 Å². The lowest BCUT2D eigenvalue weighted by Gasteiger charge is -2.36. The Hall–Kier alpha value is -2.57. The number of carbonyl (C=O) groups excluding carboxylic acids is 1. The van der Waals surface area contributed by atoms with Crippen molar-refractivity contribution in [2.45, 2.75) is 25.3 Å². The number of benzene rings is 2. The molecule has 2 amide bonds. The van der Waals surface area contributed by atoms with Gasteiger partial charge in [0.05, 0.1) is 11.1 Å². The molecule has 0 aliphatic carbocycles. The summed E-state index contributed by atoms with van der Waals surface area (Å²) in [6.45, 7) is 4.14. The molecule has 0 bridgehead atoms. The van der Waals surface area contributed by atoms with Crippen molar-refractivity contribution in [3.8, 4) is 5.69 Å². The fourth-order valence-electron chi connectivity index (χ4n) is 4.47. The van der Waals surface area contributed by atoms with Gasteiger partial charge < -0.3 is 20.1 Å². The zero-order valence-corrected chi connectivity index (χ0v) is 18.0. The minimum absolute atomic E-state index is 0.0438. The zero-order chi connectivity index (χ0) is 21.3. The number of aromatic nitrogens is 1. The Kier molecular flexibility index (Phi) is 5.71. The van der Waals surface area contributed by atoms with Gasteiger partial charge in [0.2, 0.25) is 0 Å². The first-order chi connectivity index (χ1) is 14.5. The molecule has 7 heteroatoms. The molecule has 1 fully saturated rings. The third-order valence-corrected chi connectivity index (χ3v) is 6.30. The molecule has 2 N–H and O–H groups in total. The minimum Gasteiger partial charge on any atom is -0.335 e. The number of hydrogen-bond acceptors (Lipinski definition) is 2. The second kappa shape index (κ2) is 8.28. The smallest absolute Gasteiger partial charge is 0.318 e. The lowest BCUT2D eigenvalue weighted by atomic mass is 9.86. The number of nitrogens with one attached hydrogen (secondary N) is 2. The Bertz CT molecular complexity index is 1070. The molecule has 1 saturated heterocycles. The Morgan fingerprint density at radius 3 is 2.70 bits per heavy atom. The van der Waals surface area contributed by atoms with E-state index < -0.39 is 5.54 Å². The Balaban J connectivity index is 1.89. The number of amides is 2. The first-order valence-corrected chi connectivity index (χ1v) is 10.6. The number of hydrogen-bond donors (Lipinski definition) is 2. The van der Waals surface area contributed by atoms with Crippen molar-refractivity contribution < 1.29 is 9.18 Å². The van der Waals surface area contributed by atoms with Crippen LogP contribution in [-0.2, 0) is 5.54 Å². The summed E-state index contributed by atoms with van der Waals surface area (Å²) in [6, 6.07) is 12.2. The van der Waals surface area contributed by atoms with Crippen LogP contribution in [0.25, 0.3) is 16.6 Å². The van der Waals surface area contributed by atoms with Crippen molar-refractivity contribution in [2.75, 3.05) is 26.7 Å². The second-order valence-corrected chi connectivity index (χ2v) is 8.14. The summed E-state index contributed by atoms with van der Waals surface area (Å²) in [7, 11) is 1.91. The number of nitrogens with zero attached hydrogens (tertiary/aromatic N) is 2. The zero-order valence-electron chi connectivity index (χ0n) is 17.2. The normalized spacial score (nSPS) is 18.9. The maximum atomic E-state index is 13.5. The van der Waals surface area contributed by atoms with Crippen molar-refractivity contribution >= 4 is 28.5 Å². The van der Waals surface area contributed by atoms with Crippen molar-refractivity contribution in [1.82, 2.24) is 20.1 Å². The fourth-order valence-corrected chi connectivity index (χ4v) is 4.64. The molecule has 1 aromatic heterocycles. The highest BCUT2D eigenvalue weighted by molar-refractivity contribution is 6.31. The molecule has 3 aromatic rings. The Morgan fingerprint density at radius 2 is 2.00 bits per heavy atom. The Morgan fingerprint density at radius 1 is 1.23 bits per heavy atom. The van der Waals surface area contributed by atoms with Crippen LogP contribution in [0.2, 0.25) is 5.02 Å². The second-order valence-electron chi connectivity index (χ2n) is 7.70. The average molecular weight is 429 g/mol. The van der Waals surface area contributed by atoms with Crippen LogP contribution in [0.5, 0.6) is 0 Å². The number of urea groups is 1. The largest absolute Gasteiger partial charge is 0.335 e. The summed E-state index contributed by atoms with van der Waals surface area (Å²) in [5.41, 5.74) is 2.41. The van der Waals surface area contributed by atoms with Gasteiger partial charge in [0.15, 0.2) is 0 Å². The fraction of sp³-hybridized carbons (Fsp3) is 0.348. The van der Waals surface area contributed by atoms with Gasteiger partial charge in [-0.25, -0.2) is 9.18 Å². The van der Waals surface area contributed by atoms with Gasteiger partial charge in [0, 0.05) is 40.9 Å². The molecule has 0 spiro atoms. The van der Waals surface area contributed by atoms with E-state index in [0.29, 0.717) is 18.1 Å². The molecular formula is C23H26ClFN4O. The molecule has 30 heavy (non-hydrogen) atoms. The SMILES string of the molecule is CCC1(c2cn(-c3ccc(F)cc3)c3ccc(Cl)cc23)CNC(=O)N1CCCNC. The van der Waals surface area contributed by atoms with Crippen LogP contribution >= 0.6 is 11.6 Å². The highest BCUT2D eigenvalue weighted by Crippen LogP contribution is 2.41. The summed E-state index contributed by atoms with van der Waals surface area (Å²) in [5, 5.41) is 7.84. The average Bonchev–Trinajstić information content (AvgIpc) is 3.27. The van der Waals surface area contributed by atoms with Gasteiger partial charge >= 0.3 is 6.03 Å². The van der Waals surface area contributed by atoms with Crippen LogP contribution in [0.3, 0.4) is 0 Å². The molecule has 5 nitrogen and oxygen atoms in total. The van der Waals surface area contributed by atoms with Gasteiger partial charge in [-0.15, -0.1) is 0 Å². The van der Waals surface area contributed by atoms with Crippen molar-refractivity contribution in [3.63, 3.8) is 0 Å². The topological polar surface area (TPSA) is 49.3 Å². The maximum Gasteiger partial charge on any atom is 0.318 e. The number of rotatable bonds is 7. The summed E-state index contributed by atoms with van der Waals surface area (Å²) in [6.07, 6.45) is 3.70. The molecule has 2 heterocycles. The molecule has 0 radical (unpaired) electrons. The molecule has 1 atom stereocenters. The molecule has 0 saturated carbocycles. The van der Waals surface area contributed by atoms with E-state index in [0.717, 1.165) is 41.5 Å². The van der Waals surface area contributed by atoms with Crippen LogP contribution in [0.4, 0.5) is 9.18 Å². The van der Waals surface area contributed by atoms with Gasteiger partial charge in [0.1, 0.15) is 5.82 Å². The molecule has 1 unspecified atom stereocenters. The molecule has 4 rings (SSSR count). The van der Waals surface area contributed by atoms with Crippen molar-refractivity contribution in [3.05, 3.63) is 65.1 Å². The number of carbonyl (C=O) groups is 1. The van der Waals surface area contributed by atoms with Crippen molar-refractivity contribution in [2.24, 2.45) is 0 Å². The van der Waals surface area contributed by atoms with E-state index in [1.165, 1.54) is 12.1 Å². The summed E-state index contributed by atoms with van der Waals surface area (Å²) < 4.78 is 15.5. The summed E-state index contributed by atoms with van der Waals surface area (Å²) >= 11 is 6.37. The van der Waals surface area contributed by atoms with E-state index in [4.69, 9.17) is 11.6 Å². The third kappa shape index (κ3) is 3.44. The first kappa shape index (κ1) is 20.7. The van der Waals surface area contributed by atoms with Crippen LogP contribution < -0.4 is 10.6 Å². The standard InChI is InChI=1S/C23H26ClFN4O/c1-3-23(15-27-22(30)29(23)12-4-11-26-2)20-14-28(18-8-6-17(25)7-9-18)21-10-5-16(24)13-19(20)21/h5-10,13-14,26H,3-4,11-12,15H2,1-2H3,(H,27,30). The molecular weight excluding hydrogens is 403 g/mol. The summed E-state index contributed by atoms with van der Waals surface area (Å²) in [5.74, 6) is -0.273. The summed E-state index contributed by atoms with van der Waals surface area (Å²) in [4.78, 5) is 14.7. The lowest BCUT2D eigenvalue weighted by molar-refractivity contribution is 0.150. The predicted molar refractivity (Wildman–Crippen MR) is 119 cm³/mol. The van der Waals surface area contributed by atoms with E-state index in [-0.39, 0.29) is 11.8 Å². The predicted octanol–water partition coefficient (Wildman–Crippen LogP) is 4.66. The number of halogens is 2. The van der Waals surface area contributed by atoms with E-state index >= 15 is 0 Å². The quantitative estimate of drug-likeness (QED) is 0.537. The Labute approximate surface area is 180 Å². The van der Waals surface area contributed by atoms with Gasteiger partial charge in [-0.3, -0.25) is 0 Å². The van der Waals surface area contributed by atoms with E-state index in [1.807, 2.05) is 34.7 Å². The van der Waals surface area contributed by atoms with E-state index in [1.54, 1.807) is 12.1 Å². The molecule has 1 aliphatic heterocycles. The number of fused-ring (bicyclic) bond motifs is 1. The highest BCUT2D eigenvalue weighted by atomic mass is 35.5. The van der Waals surface area contributed by atoms with Crippen LogP contribution in [0, 0.1) is 5.82 Å². The van der Waals surface area contributed by atoms with Crippen LogP contribution in [-0.4, -0.2) is 42.2 Å². The van der Waals surface area contributed by atoms with Gasteiger partial charge in [-0.1, -0.05) is 18.5 Å². The first-order valence-electron chi connectivity index (χ1n) is 10.3. The molecule has 1 aliphatic rings.